The SMILES string of the molecule is CCCCCCCCCCCCCCCCNC(=O)CNc1ccccc1F. The minimum Gasteiger partial charge on any atom is -0.374 e. The van der Waals surface area contributed by atoms with Crippen LogP contribution in [0.15, 0.2) is 24.3 Å². The zero-order chi connectivity index (χ0) is 20.3. The third-order valence-electron chi connectivity index (χ3n) is 5.17. The number of anilines is 1. The number of rotatable bonds is 18. The Morgan fingerprint density at radius 1 is 0.786 bits per heavy atom. The molecule has 0 radical (unpaired) electrons. The molecule has 0 fully saturated rings. The summed E-state index contributed by atoms with van der Waals surface area (Å²) in [6.45, 7) is 3.08. The third kappa shape index (κ3) is 13.6. The summed E-state index contributed by atoms with van der Waals surface area (Å²) in [5.41, 5.74) is 0.370. The molecule has 3 nitrogen and oxygen atoms in total. The maximum atomic E-state index is 13.4. The Morgan fingerprint density at radius 3 is 1.82 bits per heavy atom. The van der Waals surface area contributed by atoms with Crippen molar-refractivity contribution in [3.63, 3.8) is 0 Å². The highest BCUT2D eigenvalue weighted by Gasteiger charge is 2.03. The number of para-hydroxylation sites is 1. The molecule has 0 saturated carbocycles. The highest BCUT2D eigenvalue weighted by molar-refractivity contribution is 5.80. The average Bonchev–Trinajstić information content (AvgIpc) is 2.70. The van der Waals surface area contributed by atoms with E-state index in [9.17, 15) is 9.18 Å². The molecular formula is C24H41FN2O. The van der Waals surface area contributed by atoms with Crippen LogP contribution in [0.25, 0.3) is 0 Å². The van der Waals surface area contributed by atoms with Crippen LogP contribution in [-0.4, -0.2) is 19.0 Å². The van der Waals surface area contributed by atoms with Crippen molar-refractivity contribution >= 4 is 11.6 Å². The monoisotopic (exact) mass is 392 g/mol. The molecule has 0 saturated heterocycles. The summed E-state index contributed by atoms with van der Waals surface area (Å²) >= 11 is 0. The van der Waals surface area contributed by atoms with Crippen LogP contribution in [0.3, 0.4) is 0 Å². The van der Waals surface area contributed by atoms with Gasteiger partial charge in [0, 0.05) is 6.54 Å². The van der Waals surface area contributed by atoms with Crippen LogP contribution in [0.4, 0.5) is 10.1 Å². The first-order valence-electron chi connectivity index (χ1n) is 11.5. The van der Waals surface area contributed by atoms with Crippen LogP contribution >= 0.6 is 0 Å². The second-order valence-corrected chi connectivity index (χ2v) is 7.78. The summed E-state index contributed by atoms with van der Waals surface area (Å²) in [6.07, 6.45) is 18.6. The van der Waals surface area contributed by atoms with Gasteiger partial charge in [-0.1, -0.05) is 103 Å². The second-order valence-electron chi connectivity index (χ2n) is 7.78. The number of unbranched alkanes of at least 4 members (excludes halogenated alkanes) is 13. The molecule has 0 atom stereocenters. The van der Waals surface area contributed by atoms with Gasteiger partial charge in [-0.2, -0.15) is 0 Å². The van der Waals surface area contributed by atoms with Crippen molar-refractivity contribution in [1.82, 2.24) is 5.32 Å². The van der Waals surface area contributed by atoms with Gasteiger partial charge in [-0.05, 0) is 18.6 Å². The molecule has 0 bridgehead atoms. The second kappa shape index (κ2) is 17.5. The molecule has 0 aliphatic heterocycles. The van der Waals surface area contributed by atoms with Gasteiger partial charge in [0.1, 0.15) is 5.82 Å². The van der Waals surface area contributed by atoms with Crippen molar-refractivity contribution in [1.29, 1.82) is 0 Å². The van der Waals surface area contributed by atoms with E-state index in [0.29, 0.717) is 12.2 Å². The molecule has 0 aromatic heterocycles. The lowest BCUT2D eigenvalue weighted by molar-refractivity contribution is -0.119. The summed E-state index contributed by atoms with van der Waals surface area (Å²) < 4.78 is 13.4. The van der Waals surface area contributed by atoms with E-state index in [1.54, 1.807) is 18.2 Å². The Bertz CT molecular complexity index is 507. The van der Waals surface area contributed by atoms with Crippen LogP contribution in [0, 0.1) is 5.82 Å². The van der Waals surface area contributed by atoms with Gasteiger partial charge in [0.15, 0.2) is 0 Å². The smallest absolute Gasteiger partial charge is 0.239 e. The summed E-state index contributed by atoms with van der Waals surface area (Å²) in [4.78, 5) is 11.8. The van der Waals surface area contributed by atoms with Crippen LogP contribution in [-0.2, 0) is 4.79 Å². The highest BCUT2D eigenvalue weighted by Crippen LogP contribution is 2.13. The Labute approximate surface area is 171 Å². The molecular weight excluding hydrogens is 351 g/mol. The quantitative estimate of drug-likeness (QED) is 0.269. The molecule has 0 aliphatic rings. The van der Waals surface area contributed by atoms with Gasteiger partial charge in [-0.3, -0.25) is 4.79 Å². The predicted octanol–water partition coefficient (Wildman–Crippen LogP) is 6.84. The van der Waals surface area contributed by atoms with Crippen molar-refractivity contribution < 1.29 is 9.18 Å². The molecule has 4 heteroatoms. The predicted molar refractivity (Wildman–Crippen MR) is 118 cm³/mol. The number of hydrogen-bond acceptors (Lipinski definition) is 2. The van der Waals surface area contributed by atoms with Gasteiger partial charge in [-0.15, -0.1) is 0 Å². The first-order chi connectivity index (χ1) is 13.7. The summed E-state index contributed by atoms with van der Waals surface area (Å²) in [5, 5.41) is 5.72. The fourth-order valence-corrected chi connectivity index (χ4v) is 3.39. The minimum absolute atomic E-state index is 0.0852. The topological polar surface area (TPSA) is 41.1 Å². The molecule has 0 spiro atoms. The van der Waals surface area contributed by atoms with Crippen LogP contribution in [0.1, 0.15) is 96.8 Å². The summed E-state index contributed by atoms with van der Waals surface area (Å²) in [5.74, 6) is -0.416. The highest BCUT2D eigenvalue weighted by atomic mass is 19.1. The van der Waals surface area contributed by atoms with Crippen molar-refractivity contribution in [3.05, 3.63) is 30.1 Å². The normalized spacial score (nSPS) is 10.8. The van der Waals surface area contributed by atoms with E-state index in [1.165, 1.54) is 89.5 Å². The van der Waals surface area contributed by atoms with Crippen LogP contribution in [0.2, 0.25) is 0 Å². The van der Waals surface area contributed by atoms with Crippen molar-refractivity contribution in [2.45, 2.75) is 96.8 Å². The fraction of sp³-hybridized carbons (Fsp3) is 0.708. The van der Waals surface area contributed by atoms with Crippen molar-refractivity contribution in [3.8, 4) is 0 Å². The van der Waals surface area contributed by atoms with E-state index in [4.69, 9.17) is 0 Å². The lowest BCUT2D eigenvalue weighted by atomic mass is 10.0. The van der Waals surface area contributed by atoms with Gasteiger partial charge in [0.2, 0.25) is 5.91 Å². The molecule has 0 unspecified atom stereocenters. The first-order valence-corrected chi connectivity index (χ1v) is 11.5. The average molecular weight is 393 g/mol. The number of benzene rings is 1. The fourth-order valence-electron chi connectivity index (χ4n) is 3.39. The number of halogens is 1. The lowest BCUT2D eigenvalue weighted by Crippen LogP contribution is -2.30. The van der Waals surface area contributed by atoms with Crippen LogP contribution < -0.4 is 10.6 Å². The summed E-state index contributed by atoms with van der Waals surface area (Å²) in [6, 6.07) is 6.40. The molecule has 0 aliphatic carbocycles. The van der Waals surface area contributed by atoms with Crippen LogP contribution in [0.5, 0.6) is 0 Å². The Morgan fingerprint density at radius 2 is 1.29 bits per heavy atom. The Balaban J connectivity index is 1.81. The van der Waals surface area contributed by atoms with E-state index in [0.717, 1.165) is 6.42 Å². The Kier molecular flexibility index (Phi) is 15.3. The van der Waals surface area contributed by atoms with E-state index in [2.05, 4.69) is 17.6 Å². The van der Waals surface area contributed by atoms with Gasteiger partial charge in [0.25, 0.3) is 0 Å². The van der Waals surface area contributed by atoms with Crippen molar-refractivity contribution in [2.75, 3.05) is 18.4 Å². The maximum absolute atomic E-state index is 13.4. The van der Waals surface area contributed by atoms with E-state index < -0.39 is 0 Å². The standard InChI is InChI=1S/C24H41FN2O/c1-2-3-4-5-6-7-8-9-10-11-12-13-14-17-20-26-24(28)21-27-23-19-16-15-18-22(23)25/h15-16,18-19,27H,2-14,17,20-21H2,1H3,(H,26,28). The molecule has 1 aromatic carbocycles. The molecule has 1 aromatic rings. The molecule has 1 rings (SSSR count). The molecule has 2 N–H and O–H groups in total. The number of carbonyl (C=O) groups excluding carboxylic acids is 1. The largest absolute Gasteiger partial charge is 0.374 e. The van der Waals surface area contributed by atoms with E-state index in [1.807, 2.05) is 0 Å². The zero-order valence-corrected chi connectivity index (χ0v) is 17.9. The number of carbonyl (C=O) groups is 1. The molecule has 28 heavy (non-hydrogen) atoms. The first kappa shape index (κ1) is 24.5. The number of hydrogen-bond donors (Lipinski definition) is 2. The third-order valence-corrected chi connectivity index (χ3v) is 5.17. The van der Waals surface area contributed by atoms with Gasteiger partial charge in [0.05, 0.1) is 12.2 Å². The van der Waals surface area contributed by atoms with Gasteiger partial charge < -0.3 is 10.6 Å². The molecule has 0 heterocycles. The number of nitrogens with one attached hydrogen (secondary N) is 2. The molecule has 160 valence electrons. The van der Waals surface area contributed by atoms with Crippen molar-refractivity contribution in [2.24, 2.45) is 0 Å². The van der Waals surface area contributed by atoms with E-state index in [-0.39, 0.29) is 18.3 Å². The maximum Gasteiger partial charge on any atom is 0.239 e. The minimum atomic E-state index is -0.331. The zero-order valence-electron chi connectivity index (χ0n) is 17.9. The van der Waals surface area contributed by atoms with Gasteiger partial charge in [-0.25, -0.2) is 4.39 Å². The van der Waals surface area contributed by atoms with E-state index >= 15 is 0 Å². The molecule has 1 amide bonds. The number of amides is 1. The lowest BCUT2D eigenvalue weighted by Gasteiger charge is -2.08. The summed E-state index contributed by atoms with van der Waals surface area (Å²) in [7, 11) is 0. The van der Waals surface area contributed by atoms with Gasteiger partial charge >= 0.3 is 0 Å². The Hall–Kier alpha value is -1.58.